The molecule has 10 heteroatoms. The number of carbonyl (C=O) groups is 5. The Bertz CT molecular complexity index is 5240. The third kappa shape index (κ3) is 28.9. The van der Waals surface area contributed by atoms with Gasteiger partial charge in [-0.15, -0.1) is 0 Å². The molecule has 0 bridgehead atoms. The highest BCUT2D eigenvalue weighted by molar-refractivity contribution is 5.91. The lowest BCUT2D eigenvalue weighted by atomic mass is 9.98. The summed E-state index contributed by atoms with van der Waals surface area (Å²) in [7, 11) is 0. The van der Waals surface area contributed by atoms with Gasteiger partial charge in [0.05, 0.1) is 0 Å². The van der Waals surface area contributed by atoms with Gasteiger partial charge in [-0.2, -0.15) is 0 Å². The van der Waals surface area contributed by atoms with Gasteiger partial charge in [0.15, 0.2) is 0 Å². The summed E-state index contributed by atoms with van der Waals surface area (Å²) in [5.74, 6) is -0.459. The Morgan fingerprint density at radius 1 is 0.222 bits per heavy atom. The molecule has 1 N–H and O–H groups in total. The summed E-state index contributed by atoms with van der Waals surface area (Å²) in [4.78, 5) is 55.9. The van der Waals surface area contributed by atoms with Crippen molar-refractivity contribution in [1.82, 2.24) is 0 Å². The van der Waals surface area contributed by atoms with Crippen LogP contribution < -0.4 is 18.9 Å². The van der Waals surface area contributed by atoms with Crippen molar-refractivity contribution in [3.05, 3.63) is 374 Å². The Balaban J connectivity index is 0.000000190. The summed E-state index contributed by atoms with van der Waals surface area (Å²) in [6.07, 6.45) is 13.3. The van der Waals surface area contributed by atoms with Gasteiger partial charge in [-0.25, -0.2) is 24.0 Å². The van der Waals surface area contributed by atoms with Crippen molar-refractivity contribution in [1.29, 1.82) is 0 Å². The van der Waals surface area contributed by atoms with E-state index in [1.54, 1.807) is 64.1 Å². The van der Waals surface area contributed by atoms with Crippen LogP contribution in [-0.2, 0) is 49.7 Å². The van der Waals surface area contributed by atoms with Gasteiger partial charge in [-0.05, 0) is 233 Å². The molecule has 0 amide bonds. The van der Waals surface area contributed by atoms with Crippen LogP contribution in [0.3, 0.4) is 0 Å². The van der Waals surface area contributed by atoms with E-state index in [9.17, 15) is 24.0 Å². The van der Waals surface area contributed by atoms with Gasteiger partial charge < -0.3 is 24.1 Å². The first-order chi connectivity index (χ1) is 56.4. The number of unbranched alkanes of at least 4 members (excludes halogenated alkanes) is 4. The monoisotopic (exact) mass is 1550 g/mol. The van der Waals surface area contributed by atoms with Gasteiger partial charge in [0.1, 0.15) is 23.0 Å². The van der Waals surface area contributed by atoms with Gasteiger partial charge >= 0.3 is 29.8 Å². The van der Waals surface area contributed by atoms with Crippen LogP contribution in [0.1, 0.15) is 130 Å². The fourth-order valence-corrected chi connectivity index (χ4v) is 12.0. The predicted octanol–water partition coefficient (Wildman–Crippen LogP) is 27.6. The molecule has 117 heavy (non-hydrogen) atoms. The molecule has 0 unspecified atom stereocenters. The van der Waals surface area contributed by atoms with E-state index in [0.29, 0.717) is 45.3 Å². The standard InChI is InChI=1S/C28H30O2.C26H26O2.C25H24O2.C24H22O2.C4H6O2/c1-4-5-6-7-8-22-9-11-23(12-10-22)24-13-15-25(16-14-24)26-17-19-27(20-18-26)30-28(29)21(2)3;1-4-5-6-20-7-9-21(10-8-20)22-11-13-23(14-12-22)24-15-17-25(18-16-24)28-26(27)19(2)3;1-4-5-19-6-8-20(9-7-19)21-10-12-22(13-11-21)23-14-16-24(17-15-23)27-25(26)18(2)3;1-4-18-5-7-19(8-6-18)20-9-11-21(12-10-20)22-13-15-23(16-14-22)26-24(25)17(2)3;1-3(2)4(5)6/h9-20H,2,4-8H2,1,3H3;7-18H,2,4-6H2,1,3H3;6-17H,2,4-5H2,1,3H3;5-16H,2,4H2,1,3H3;1H2,2H3,(H,5,6). The molecule has 0 aliphatic carbocycles. The third-order valence-electron chi connectivity index (χ3n) is 19.1. The molecular formula is C107H108O10. The van der Waals surface area contributed by atoms with Crippen molar-refractivity contribution in [3.63, 3.8) is 0 Å². The van der Waals surface area contributed by atoms with Crippen molar-refractivity contribution in [2.75, 3.05) is 0 Å². The Kier molecular flexibility index (Phi) is 35.2. The summed E-state index contributed by atoms with van der Waals surface area (Å²) >= 11 is 0. The molecule has 596 valence electrons. The summed E-state index contributed by atoms with van der Waals surface area (Å²) in [5, 5.41) is 7.89. The highest BCUT2D eigenvalue weighted by Gasteiger charge is 2.13. The van der Waals surface area contributed by atoms with E-state index in [2.05, 4.69) is 255 Å². The fourth-order valence-electron chi connectivity index (χ4n) is 12.0. The lowest BCUT2D eigenvalue weighted by molar-refractivity contribution is -0.133. The van der Waals surface area contributed by atoms with Crippen LogP contribution in [0.5, 0.6) is 23.0 Å². The zero-order valence-electron chi connectivity index (χ0n) is 69.1. The number of esters is 4. The van der Waals surface area contributed by atoms with E-state index in [1.165, 1.54) is 119 Å². The van der Waals surface area contributed by atoms with Crippen LogP contribution in [0.25, 0.3) is 89.0 Å². The Morgan fingerprint density at radius 3 is 0.564 bits per heavy atom. The number of aliphatic carboxylic acids is 1. The van der Waals surface area contributed by atoms with Gasteiger partial charge in [0.25, 0.3) is 0 Å². The Morgan fingerprint density at radius 2 is 0.393 bits per heavy atom. The average molecular weight is 1550 g/mol. The molecule has 12 aromatic rings. The summed E-state index contributed by atoms with van der Waals surface area (Å²) in [5.41, 5.74) is 25.8. The Labute approximate surface area is 692 Å². The third-order valence-corrected chi connectivity index (χ3v) is 19.1. The number of carboxylic acids is 1. The number of ether oxygens (including phenoxy) is 4. The van der Waals surface area contributed by atoms with Crippen LogP contribution in [0, 0.1) is 0 Å². The van der Waals surface area contributed by atoms with Crippen LogP contribution >= 0.6 is 0 Å². The molecule has 0 aliphatic rings. The van der Waals surface area contributed by atoms with Crippen LogP contribution in [0.2, 0.25) is 0 Å². The minimum Gasteiger partial charge on any atom is -0.478 e. The molecule has 0 atom stereocenters. The number of benzene rings is 12. The molecule has 0 saturated heterocycles. The fraction of sp³-hybridized carbons (Fsp3) is 0.187. The summed E-state index contributed by atoms with van der Waals surface area (Å²) in [6.45, 7) is 34.3. The first kappa shape index (κ1) is 89.2. The quantitative estimate of drug-likeness (QED) is 0.0218. The second kappa shape index (κ2) is 46.1. The maximum Gasteiger partial charge on any atom is 0.338 e. The summed E-state index contributed by atoms with van der Waals surface area (Å²) < 4.78 is 20.9. The van der Waals surface area contributed by atoms with Crippen LogP contribution in [-0.4, -0.2) is 35.0 Å². The Hall–Kier alpha value is -13.3. The van der Waals surface area contributed by atoms with E-state index in [4.69, 9.17) is 24.1 Å². The van der Waals surface area contributed by atoms with Crippen molar-refractivity contribution >= 4 is 29.8 Å². The number of carboxylic acid groups (broad SMARTS) is 1. The van der Waals surface area contributed by atoms with Crippen LogP contribution in [0.15, 0.2) is 352 Å². The molecule has 12 rings (SSSR count). The van der Waals surface area contributed by atoms with Crippen molar-refractivity contribution in [2.24, 2.45) is 0 Å². The van der Waals surface area contributed by atoms with Gasteiger partial charge in [0.2, 0.25) is 0 Å². The first-order valence-corrected chi connectivity index (χ1v) is 40.0. The zero-order valence-corrected chi connectivity index (χ0v) is 69.1. The summed E-state index contributed by atoms with van der Waals surface area (Å²) in [6, 6.07) is 99.4. The van der Waals surface area contributed by atoms with Gasteiger partial charge in [0, 0.05) is 27.9 Å². The second-order valence-electron chi connectivity index (χ2n) is 29.0. The van der Waals surface area contributed by atoms with E-state index < -0.39 is 29.8 Å². The van der Waals surface area contributed by atoms with Crippen molar-refractivity contribution in [3.8, 4) is 112 Å². The average Bonchev–Trinajstić information content (AvgIpc) is 0.844. The van der Waals surface area contributed by atoms with E-state index >= 15 is 0 Å². The maximum atomic E-state index is 11.6. The van der Waals surface area contributed by atoms with E-state index in [-0.39, 0.29) is 5.57 Å². The van der Waals surface area contributed by atoms with Gasteiger partial charge in [-0.3, -0.25) is 0 Å². The smallest absolute Gasteiger partial charge is 0.338 e. The number of hydrogen-bond acceptors (Lipinski definition) is 9. The van der Waals surface area contributed by atoms with E-state index in [0.717, 1.165) is 70.2 Å². The molecule has 0 saturated carbocycles. The topological polar surface area (TPSA) is 142 Å². The molecule has 0 radical (unpaired) electrons. The normalized spacial score (nSPS) is 10.3. The van der Waals surface area contributed by atoms with Crippen molar-refractivity contribution in [2.45, 2.75) is 133 Å². The highest BCUT2D eigenvalue weighted by atomic mass is 16.5. The maximum absolute atomic E-state index is 11.6. The minimum atomic E-state index is -0.935. The molecular weight excluding hydrogens is 1450 g/mol. The molecule has 0 aromatic heterocycles. The number of aryl methyl sites for hydroxylation is 4. The van der Waals surface area contributed by atoms with Crippen LogP contribution in [0.4, 0.5) is 0 Å². The number of rotatable bonds is 28. The van der Waals surface area contributed by atoms with Crippen molar-refractivity contribution < 1.29 is 48.0 Å². The lowest BCUT2D eigenvalue weighted by Gasteiger charge is -2.08. The molecule has 0 heterocycles. The lowest BCUT2D eigenvalue weighted by Crippen LogP contribution is -2.07. The largest absolute Gasteiger partial charge is 0.478 e. The molecule has 12 aromatic carbocycles. The predicted molar refractivity (Wildman–Crippen MR) is 483 cm³/mol. The molecule has 0 spiro atoms. The first-order valence-electron chi connectivity index (χ1n) is 40.0. The molecule has 0 fully saturated rings. The minimum absolute atomic E-state index is 0.176. The number of carbonyl (C=O) groups excluding carboxylic acids is 4. The SMILES string of the molecule is C=C(C)C(=O)O.C=C(C)C(=O)Oc1ccc(-c2ccc(-c3ccc(CC)cc3)cc2)cc1.C=C(C)C(=O)Oc1ccc(-c2ccc(-c3ccc(CCC)cc3)cc2)cc1.C=C(C)C(=O)Oc1ccc(-c2ccc(-c3ccc(CCCC)cc3)cc2)cc1.C=C(C)C(=O)Oc1ccc(-c2ccc(-c3ccc(CCCCCC)cc3)cc2)cc1. The number of hydrogen-bond donors (Lipinski definition) is 1. The van der Waals surface area contributed by atoms with E-state index in [1.807, 2.05) is 60.7 Å². The second-order valence-corrected chi connectivity index (χ2v) is 29.0. The molecule has 10 nitrogen and oxygen atoms in total. The van der Waals surface area contributed by atoms with Gasteiger partial charge in [-0.1, -0.05) is 335 Å². The zero-order chi connectivity index (χ0) is 84.2. The highest BCUT2D eigenvalue weighted by Crippen LogP contribution is 2.33. The molecule has 0 aliphatic heterocycles.